The predicted molar refractivity (Wildman–Crippen MR) is 65.3 cm³/mol. The normalized spacial score (nSPS) is 10.9. The molecule has 0 amide bonds. The summed E-state index contributed by atoms with van der Waals surface area (Å²) in [7, 11) is 1.95. The molecule has 0 saturated carbocycles. The number of nitrogens with zero attached hydrogens (tertiary/aromatic N) is 3. The van der Waals surface area contributed by atoms with Crippen molar-refractivity contribution in [3.8, 4) is 0 Å². The summed E-state index contributed by atoms with van der Waals surface area (Å²) in [6, 6.07) is 2.02. The van der Waals surface area contributed by atoms with Gasteiger partial charge in [0.25, 0.3) is 0 Å². The second-order valence-electron chi connectivity index (χ2n) is 3.79. The summed E-state index contributed by atoms with van der Waals surface area (Å²) in [6.07, 6.45) is 1.81. The van der Waals surface area contributed by atoms with Gasteiger partial charge < -0.3 is 5.32 Å². The predicted octanol–water partition coefficient (Wildman–Crippen LogP) is 1.78. The molecule has 0 aliphatic heterocycles. The lowest BCUT2D eigenvalue weighted by atomic mass is 10.3. The Morgan fingerprint density at radius 1 is 1.38 bits per heavy atom. The summed E-state index contributed by atoms with van der Waals surface area (Å²) in [5.74, 6) is 0. The van der Waals surface area contributed by atoms with Gasteiger partial charge in [-0.05, 0) is 19.9 Å². The molecule has 0 aliphatic carbocycles. The van der Waals surface area contributed by atoms with Crippen molar-refractivity contribution in [3.05, 3.63) is 33.5 Å². The maximum absolute atomic E-state index is 4.49. The van der Waals surface area contributed by atoms with Crippen molar-refractivity contribution >= 4 is 11.3 Å². The first kappa shape index (κ1) is 11.3. The summed E-state index contributed by atoms with van der Waals surface area (Å²) >= 11 is 1.75. The van der Waals surface area contributed by atoms with E-state index in [2.05, 4.69) is 22.3 Å². The van der Waals surface area contributed by atoms with Crippen molar-refractivity contribution in [1.29, 1.82) is 0 Å². The minimum absolute atomic E-state index is 0.821. The molecule has 2 aromatic rings. The van der Waals surface area contributed by atoms with Crippen LogP contribution in [0.5, 0.6) is 0 Å². The van der Waals surface area contributed by atoms with Gasteiger partial charge in [0.15, 0.2) is 0 Å². The Bertz CT molecular complexity index is 472. The van der Waals surface area contributed by atoms with Crippen LogP contribution in [-0.4, -0.2) is 14.8 Å². The standard InChI is InChI=1S/C11H16N4S/c1-8-11(14-9(2)16-8)7-12-6-10-4-5-13-15(10)3/h4-5,12H,6-7H2,1-3H3. The van der Waals surface area contributed by atoms with E-state index in [0.29, 0.717) is 0 Å². The molecule has 16 heavy (non-hydrogen) atoms. The summed E-state index contributed by atoms with van der Waals surface area (Å²) < 4.78 is 1.88. The Kier molecular flexibility index (Phi) is 3.36. The van der Waals surface area contributed by atoms with Crippen LogP contribution in [-0.2, 0) is 20.1 Å². The topological polar surface area (TPSA) is 42.7 Å². The van der Waals surface area contributed by atoms with E-state index >= 15 is 0 Å². The van der Waals surface area contributed by atoms with E-state index in [1.54, 1.807) is 11.3 Å². The highest BCUT2D eigenvalue weighted by atomic mass is 32.1. The van der Waals surface area contributed by atoms with Crippen LogP contribution in [0.25, 0.3) is 0 Å². The zero-order valence-electron chi connectivity index (χ0n) is 9.82. The number of thiazole rings is 1. The molecule has 2 rings (SSSR count). The van der Waals surface area contributed by atoms with Crippen molar-refractivity contribution in [1.82, 2.24) is 20.1 Å². The highest BCUT2D eigenvalue weighted by Crippen LogP contribution is 2.15. The van der Waals surface area contributed by atoms with Gasteiger partial charge in [0.1, 0.15) is 0 Å². The Morgan fingerprint density at radius 2 is 2.19 bits per heavy atom. The molecule has 2 heterocycles. The first-order chi connectivity index (χ1) is 7.66. The van der Waals surface area contributed by atoms with Gasteiger partial charge in [-0.1, -0.05) is 0 Å². The molecule has 0 fully saturated rings. The number of aromatic nitrogens is 3. The van der Waals surface area contributed by atoms with Crippen molar-refractivity contribution in [2.75, 3.05) is 0 Å². The van der Waals surface area contributed by atoms with E-state index in [4.69, 9.17) is 0 Å². The van der Waals surface area contributed by atoms with E-state index in [1.165, 1.54) is 10.6 Å². The van der Waals surface area contributed by atoms with Crippen LogP contribution in [0.1, 0.15) is 21.3 Å². The van der Waals surface area contributed by atoms with Gasteiger partial charge in [-0.25, -0.2) is 4.98 Å². The third-order valence-electron chi connectivity index (χ3n) is 2.52. The zero-order valence-corrected chi connectivity index (χ0v) is 10.6. The van der Waals surface area contributed by atoms with E-state index in [0.717, 1.165) is 23.8 Å². The zero-order chi connectivity index (χ0) is 11.5. The number of hydrogen-bond donors (Lipinski definition) is 1. The molecule has 86 valence electrons. The summed E-state index contributed by atoms with van der Waals surface area (Å²) in [6.45, 7) is 5.81. The van der Waals surface area contributed by atoms with Gasteiger partial charge in [-0.3, -0.25) is 4.68 Å². The Balaban J connectivity index is 1.89. The van der Waals surface area contributed by atoms with Crippen molar-refractivity contribution in [2.45, 2.75) is 26.9 Å². The molecular weight excluding hydrogens is 220 g/mol. The monoisotopic (exact) mass is 236 g/mol. The molecule has 0 bridgehead atoms. The van der Waals surface area contributed by atoms with Crippen molar-refractivity contribution < 1.29 is 0 Å². The van der Waals surface area contributed by atoms with Gasteiger partial charge in [0.05, 0.1) is 16.4 Å². The largest absolute Gasteiger partial charge is 0.305 e. The Hall–Kier alpha value is -1.20. The minimum atomic E-state index is 0.821. The first-order valence-corrected chi connectivity index (χ1v) is 6.09. The average molecular weight is 236 g/mol. The Labute approximate surface area is 99.3 Å². The Morgan fingerprint density at radius 3 is 2.75 bits per heavy atom. The van der Waals surface area contributed by atoms with Gasteiger partial charge in [0.2, 0.25) is 0 Å². The molecule has 5 heteroatoms. The minimum Gasteiger partial charge on any atom is -0.305 e. The molecule has 4 nitrogen and oxygen atoms in total. The molecular formula is C11H16N4S. The van der Waals surface area contributed by atoms with Crippen molar-refractivity contribution in [2.24, 2.45) is 7.05 Å². The number of hydrogen-bond acceptors (Lipinski definition) is 4. The lowest BCUT2D eigenvalue weighted by Gasteiger charge is -2.03. The lowest BCUT2D eigenvalue weighted by Crippen LogP contribution is -2.16. The second kappa shape index (κ2) is 4.76. The lowest BCUT2D eigenvalue weighted by molar-refractivity contribution is 0.619. The number of rotatable bonds is 4. The molecule has 2 aromatic heterocycles. The average Bonchev–Trinajstić information content (AvgIpc) is 2.75. The van der Waals surface area contributed by atoms with Crippen LogP contribution in [0.4, 0.5) is 0 Å². The van der Waals surface area contributed by atoms with Crippen molar-refractivity contribution in [3.63, 3.8) is 0 Å². The maximum atomic E-state index is 4.49. The van der Waals surface area contributed by atoms with Gasteiger partial charge in [0, 0.05) is 31.2 Å². The van der Waals surface area contributed by atoms with Crippen LogP contribution in [0.15, 0.2) is 12.3 Å². The summed E-state index contributed by atoms with van der Waals surface area (Å²) in [4.78, 5) is 5.79. The SMILES string of the molecule is Cc1nc(CNCc2ccnn2C)c(C)s1. The molecule has 0 aliphatic rings. The van der Waals surface area contributed by atoms with E-state index < -0.39 is 0 Å². The van der Waals surface area contributed by atoms with E-state index in [-0.39, 0.29) is 0 Å². The molecule has 0 saturated heterocycles. The molecule has 1 N–H and O–H groups in total. The fourth-order valence-corrected chi connectivity index (χ4v) is 2.45. The fraction of sp³-hybridized carbons (Fsp3) is 0.455. The van der Waals surface area contributed by atoms with E-state index in [1.807, 2.05) is 30.9 Å². The highest BCUT2D eigenvalue weighted by Gasteiger charge is 2.04. The van der Waals surface area contributed by atoms with Gasteiger partial charge >= 0.3 is 0 Å². The van der Waals surface area contributed by atoms with Gasteiger partial charge in [-0.2, -0.15) is 5.10 Å². The highest BCUT2D eigenvalue weighted by molar-refractivity contribution is 7.11. The van der Waals surface area contributed by atoms with Crippen LogP contribution >= 0.6 is 11.3 Å². The molecule has 0 atom stereocenters. The molecule has 0 aromatic carbocycles. The first-order valence-electron chi connectivity index (χ1n) is 5.27. The van der Waals surface area contributed by atoms with Gasteiger partial charge in [-0.15, -0.1) is 11.3 Å². The second-order valence-corrected chi connectivity index (χ2v) is 5.19. The third kappa shape index (κ3) is 2.48. The summed E-state index contributed by atoms with van der Waals surface area (Å²) in [5, 5.41) is 8.64. The summed E-state index contributed by atoms with van der Waals surface area (Å²) in [5.41, 5.74) is 2.34. The molecule has 0 unspecified atom stereocenters. The molecule has 0 spiro atoms. The van der Waals surface area contributed by atoms with Crippen LogP contribution < -0.4 is 5.32 Å². The van der Waals surface area contributed by atoms with Crippen LogP contribution in [0, 0.1) is 13.8 Å². The smallest absolute Gasteiger partial charge is 0.0900 e. The third-order valence-corrected chi connectivity index (χ3v) is 3.45. The quantitative estimate of drug-likeness (QED) is 0.880. The fourth-order valence-electron chi connectivity index (χ4n) is 1.62. The number of aryl methyl sites for hydroxylation is 3. The van der Waals surface area contributed by atoms with Crippen LogP contribution in [0.2, 0.25) is 0 Å². The number of nitrogens with one attached hydrogen (secondary N) is 1. The maximum Gasteiger partial charge on any atom is 0.0900 e. The van der Waals surface area contributed by atoms with E-state index in [9.17, 15) is 0 Å². The van der Waals surface area contributed by atoms with Crippen LogP contribution in [0.3, 0.4) is 0 Å². The molecule has 0 radical (unpaired) electrons.